The van der Waals surface area contributed by atoms with Crippen LogP contribution >= 0.6 is 0 Å². The van der Waals surface area contributed by atoms with Gasteiger partial charge in [-0.15, -0.1) is 0 Å². The van der Waals surface area contributed by atoms with E-state index in [-0.39, 0.29) is 10.9 Å². The van der Waals surface area contributed by atoms with E-state index in [1.807, 2.05) is 19.1 Å². The van der Waals surface area contributed by atoms with E-state index in [4.69, 9.17) is 0 Å². The van der Waals surface area contributed by atoms with Crippen molar-refractivity contribution in [1.29, 1.82) is 0 Å². The van der Waals surface area contributed by atoms with Gasteiger partial charge in [-0.1, -0.05) is 25.5 Å². The van der Waals surface area contributed by atoms with Crippen LogP contribution in [0.15, 0.2) is 58.1 Å². The standard InChI is InChI=1S/C21H30N4O3S/c1-4-6-18(15-22-3)16-23-21(26)24-19-7-9-20(10-8-19)29(27,28)25-13-11-17(5-2)12-14-25/h4,6-10,15,17H,3,5,11-14,16H2,1-2H3,(H2,23,24,26). The first-order chi connectivity index (χ1) is 13.9. The smallest absolute Gasteiger partial charge is 0.319 e. The summed E-state index contributed by atoms with van der Waals surface area (Å²) in [7, 11) is -3.50. The van der Waals surface area contributed by atoms with Gasteiger partial charge in [-0.25, -0.2) is 13.2 Å². The molecular formula is C21H30N4O3S. The van der Waals surface area contributed by atoms with Gasteiger partial charge in [0.05, 0.1) is 4.90 Å². The van der Waals surface area contributed by atoms with Crippen LogP contribution in [0.25, 0.3) is 0 Å². The number of hydrogen-bond acceptors (Lipinski definition) is 4. The third-order valence-electron chi connectivity index (χ3n) is 4.99. The van der Waals surface area contributed by atoms with Crippen molar-refractivity contribution >= 4 is 28.5 Å². The average Bonchev–Trinajstić information content (AvgIpc) is 2.73. The summed E-state index contributed by atoms with van der Waals surface area (Å²) < 4.78 is 27.2. The van der Waals surface area contributed by atoms with Gasteiger partial charge in [0, 0.05) is 31.5 Å². The van der Waals surface area contributed by atoms with Crippen molar-refractivity contribution in [2.24, 2.45) is 10.9 Å². The number of rotatable bonds is 8. The van der Waals surface area contributed by atoms with E-state index < -0.39 is 10.0 Å². The summed E-state index contributed by atoms with van der Waals surface area (Å²) in [6, 6.07) is 5.87. The number of piperidine rings is 1. The quantitative estimate of drug-likeness (QED) is 0.497. The minimum atomic E-state index is -3.50. The molecule has 29 heavy (non-hydrogen) atoms. The Morgan fingerprint density at radius 3 is 2.48 bits per heavy atom. The summed E-state index contributed by atoms with van der Waals surface area (Å²) in [6.07, 6.45) is 8.15. The summed E-state index contributed by atoms with van der Waals surface area (Å²) in [5.74, 6) is 0.608. The summed E-state index contributed by atoms with van der Waals surface area (Å²) in [5, 5.41) is 5.42. The van der Waals surface area contributed by atoms with Crippen LogP contribution in [-0.4, -0.2) is 45.1 Å². The van der Waals surface area contributed by atoms with Crippen molar-refractivity contribution in [3.63, 3.8) is 0 Å². The number of carbonyl (C=O) groups is 1. The van der Waals surface area contributed by atoms with Gasteiger partial charge >= 0.3 is 6.03 Å². The van der Waals surface area contributed by atoms with Crippen LogP contribution < -0.4 is 10.6 Å². The number of benzene rings is 1. The maximum Gasteiger partial charge on any atom is 0.319 e. The molecule has 1 fully saturated rings. The van der Waals surface area contributed by atoms with Gasteiger partial charge in [-0.05, 0) is 62.2 Å². The van der Waals surface area contributed by atoms with Crippen LogP contribution in [-0.2, 0) is 10.0 Å². The molecule has 1 aliphatic rings. The first-order valence-electron chi connectivity index (χ1n) is 9.83. The van der Waals surface area contributed by atoms with Crippen LogP contribution in [0.3, 0.4) is 0 Å². The Labute approximate surface area is 173 Å². The maximum absolute atomic E-state index is 12.8. The van der Waals surface area contributed by atoms with E-state index in [9.17, 15) is 13.2 Å². The molecule has 0 spiro atoms. The fourth-order valence-electron chi connectivity index (χ4n) is 3.25. The van der Waals surface area contributed by atoms with Crippen molar-refractivity contribution in [3.8, 4) is 0 Å². The lowest BCUT2D eigenvalue weighted by Gasteiger charge is -2.30. The Bertz CT molecular complexity index is 852. The van der Waals surface area contributed by atoms with E-state index in [0.29, 0.717) is 31.2 Å². The summed E-state index contributed by atoms with van der Waals surface area (Å²) >= 11 is 0. The van der Waals surface area contributed by atoms with Gasteiger partial charge in [0.15, 0.2) is 0 Å². The van der Waals surface area contributed by atoms with Crippen molar-refractivity contribution in [2.45, 2.75) is 38.0 Å². The molecule has 0 atom stereocenters. The lowest BCUT2D eigenvalue weighted by atomic mass is 9.96. The molecule has 0 aliphatic carbocycles. The van der Waals surface area contributed by atoms with Gasteiger partial charge in [0.1, 0.15) is 0 Å². The zero-order valence-corrected chi connectivity index (χ0v) is 17.9. The topological polar surface area (TPSA) is 90.9 Å². The Balaban J connectivity index is 1.95. The summed E-state index contributed by atoms with van der Waals surface area (Å²) in [6.45, 7) is 8.85. The monoisotopic (exact) mass is 418 g/mol. The second kappa shape index (κ2) is 10.9. The minimum absolute atomic E-state index is 0.244. The molecule has 8 heteroatoms. The van der Waals surface area contributed by atoms with Gasteiger partial charge in [0.25, 0.3) is 0 Å². The van der Waals surface area contributed by atoms with Gasteiger partial charge in [-0.3, -0.25) is 4.99 Å². The molecule has 0 radical (unpaired) electrons. The van der Waals surface area contributed by atoms with Crippen LogP contribution in [0, 0.1) is 5.92 Å². The second-order valence-corrected chi connectivity index (χ2v) is 8.91. The highest BCUT2D eigenvalue weighted by Gasteiger charge is 2.28. The largest absolute Gasteiger partial charge is 0.334 e. The number of amides is 2. The molecule has 2 amide bonds. The number of carbonyl (C=O) groups excluding carboxylic acids is 1. The lowest BCUT2D eigenvalue weighted by molar-refractivity contribution is 0.253. The lowest BCUT2D eigenvalue weighted by Crippen LogP contribution is -2.38. The molecule has 2 N–H and O–H groups in total. The van der Waals surface area contributed by atoms with Crippen LogP contribution in [0.4, 0.5) is 10.5 Å². The predicted octanol–water partition coefficient (Wildman–Crippen LogP) is 3.78. The number of nitrogens with zero attached hydrogens (tertiary/aromatic N) is 2. The average molecular weight is 419 g/mol. The number of anilines is 1. The molecule has 158 valence electrons. The molecular weight excluding hydrogens is 388 g/mol. The third kappa shape index (κ3) is 6.54. The van der Waals surface area contributed by atoms with Gasteiger partial charge < -0.3 is 10.6 Å². The number of nitrogens with one attached hydrogen (secondary N) is 2. The van der Waals surface area contributed by atoms with Crippen molar-refractivity contribution < 1.29 is 13.2 Å². The normalized spacial score (nSPS) is 16.7. The number of allylic oxidation sites excluding steroid dienone is 1. The molecule has 1 saturated heterocycles. The van der Waals surface area contributed by atoms with Crippen molar-refractivity contribution in [1.82, 2.24) is 9.62 Å². The minimum Gasteiger partial charge on any atom is -0.334 e. The van der Waals surface area contributed by atoms with Gasteiger partial charge in [-0.2, -0.15) is 4.31 Å². The fraction of sp³-hybridized carbons (Fsp3) is 0.429. The first-order valence-corrected chi connectivity index (χ1v) is 11.3. The summed E-state index contributed by atoms with van der Waals surface area (Å²) in [5.41, 5.74) is 1.33. The highest BCUT2D eigenvalue weighted by Crippen LogP contribution is 2.26. The Morgan fingerprint density at radius 2 is 1.93 bits per heavy atom. The van der Waals surface area contributed by atoms with Crippen LogP contribution in [0.5, 0.6) is 0 Å². The Hall–Kier alpha value is -2.45. The van der Waals surface area contributed by atoms with E-state index in [2.05, 4.69) is 29.3 Å². The zero-order valence-electron chi connectivity index (χ0n) is 17.1. The van der Waals surface area contributed by atoms with Crippen LogP contribution in [0.2, 0.25) is 0 Å². The highest BCUT2D eigenvalue weighted by atomic mass is 32.2. The summed E-state index contributed by atoms with van der Waals surface area (Å²) in [4.78, 5) is 16.0. The number of aliphatic imine (C=N–C) groups is 1. The van der Waals surface area contributed by atoms with Gasteiger partial charge in [0.2, 0.25) is 10.0 Å². The Morgan fingerprint density at radius 1 is 1.28 bits per heavy atom. The maximum atomic E-state index is 12.8. The van der Waals surface area contributed by atoms with Crippen molar-refractivity contribution in [2.75, 3.05) is 25.0 Å². The fourth-order valence-corrected chi connectivity index (χ4v) is 4.72. The third-order valence-corrected chi connectivity index (χ3v) is 6.90. The molecule has 0 bridgehead atoms. The van der Waals surface area contributed by atoms with E-state index >= 15 is 0 Å². The molecule has 7 nitrogen and oxygen atoms in total. The van der Waals surface area contributed by atoms with Crippen LogP contribution in [0.1, 0.15) is 33.1 Å². The molecule has 1 heterocycles. The van der Waals surface area contributed by atoms with Crippen molar-refractivity contribution in [3.05, 3.63) is 48.2 Å². The Kier molecular flexibility index (Phi) is 8.60. The molecule has 0 aromatic heterocycles. The molecule has 1 aromatic carbocycles. The SMILES string of the molecule is C=NC=C(C=CC)CNC(=O)Nc1ccc(S(=O)(=O)N2CCC(CC)CC2)cc1. The zero-order chi connectivity index (χ0) is 21.3. The van der Waals surface area contributed by atoms with E-state index in [1.165, 1.54) is 12.1 Å². The number of sulfonamides is 1. The molecule has 2 rings (SSSR count). The number of hydrogen-bond donors (Lipinski definition) is 2. The molecule has 1 aromatic rings. The molecule has 1 aliphatic heterocycles. The molecule has 0 unspecified atom stereocenters. The number of urea groups is 1. The first kappa shape index (κ1) is 22.8. The highest BCUT2D eigenvalue weighted by molar-refractivity contribution is 7.89. The second-order valence-electron chi connectivity index (χ2n) is 6.97. The predicted molar refractivity (Wildman–Crippen MR) is 118 cm³/mol. The van der Waals surface area contributed by atoms with E-state index in [1.54, 1.807) is 22.6 Å². The molecule has 0 saturated carbocycles. The van der Waals surface area contributed by atoms with E-state index in [0.717, 1.165) is 24.8 Å².